The summed E-state index contributed by atoms with van der Waals surface area (Å²) in [6.07, 6.45) is 5.86. The zero-order chi connectivity index (χ0) is 8.39. The molecule has 2 aliphatic rings. The molecule has 0 aromatic rings. The molecule has 3 atom stereocenters. The van der Waals surface area contributed by atoms with Gasteiger partial charge in [0.05, 0.1) is 12.7 Å². The van der Waals surface area contributed by atoms with Crippen LogP contribution in [0.3, 0.4) is 0 Å². The number of rotatable bonds is 1. The lowest BCUT2D eigenvalue weighted by Gasteiger charge is -2.39. The number of hydrogen-bond acceptors (Lipinski definition) is 2. The van der Waals surface area contributed by atoms with Crippen LogP contribution in [0.25, 0.3) is 0 Å². The summed E-state index contributed by atoms with van der Waals surface area (Å²) in [5.41, 5.74) is 0. The van der Waals surface area contributed by atoms with Crippen LogP contribution in [-0.4, -0.2) is 25.3 Å². The summed E-state index contributed by atoms with van der Waals surface area (Å²) in [5, 5.41) is 3.54. The first-order valence-corrected chi connectivity index (χ1v) is 5.25. The predicted molar refractivity (Wildman–Crippen MR) is 49.2 cm³/mol. The molecule has 1 N–H and O–H groups in total. The van der Waals surface area contributed by atoms with Gasteiger partial charge in [0.2, 0.25) is 0 Å². The lowest BCUT2D eigenvalue weighted by atomic mass is 9.82. The van der Waals surface area contributed by atoms with Gasteiger partial charge in [-0.2, -0.15) is 0 Å². The molecule has 1 aliphatic carbocycles. The molecule has 2 rings (SSSR count). The van der Waals surface area contributed by atoms with Crippen molar-refractivity contribution in [2.45, 2.75) is 44.8 Å². The van der Waals surface area contributed by atoms with Gasteiger partial charge in [-0.3, -0.25) is 0 Å². The van der Waals surface area contributed by atoms with Gasteiger partial charge in [-0.25, -0.2) is 0 Å². The largest absolute Gasteiger partial charge is 0.375 e. The van der Waals surface area contributed by atoms with Gasteiger partial charge in [-0.05, 0) is 25.2 Å². The third-order valence-electron chi connectivity index (χ3n) is 3.32. The van der Waals surface area contributed by atoms with E-state index in [1.165, 1.54) is 25.7 Å². The van der Waals surface area contributed by atoms with Crippen molar-refractivity contribution in [2.75, 3.05) is 13.2 Å². The highest BCUT2D eigenvalue weighted by molar-refractivity contribution is 4.87. The minimum Gasteiger partial charge on any atom is -0.375 e. The number of ether oxygens (including phenoxy) is 1. The average molecular weight is 169 g/mol. The van der Waals surface area contributed by atoms with Gasteiger partial charge in [0.15, 0.2) is 0 Å². The Kier molecular flexibility index (Phi) is 2.66. The summed E-state index contributed by atoms with van der Waals surface area (Å²) in [4.78, 5) is 0. The Hall–Kier alpha value is -0.0800. The van der Waals surface area contributed by atoms with Gasteiger partial charge in [0.1, 0.15) is 0 Å². The van der Waals surface area contributed by atoms with E-state index in [4.69, 9.17) is 4.74 Å². The average Bonchev–Trinajstić information content (AvgIpc) is 2.17. The van der Waals surface area contributed by atoms with Crippen molar-refractivity contribution in [3.8, 4) is 0 Å². The molecule has 1 unspecified atom stereocenters. The van der Waals surface area contributed by atoms with Crippen LogP contribution >= 0.6 is 0 Å². The van der Waals surface area contributed by atoms with Crippen LogP contribution < -0.4 is 5.32 Å². The van der Waals surface area contributed by atoms with E-state index < -0.39 is 0 Å². The van der Waals surface area contributed by atoms with Crippen LogP contribution in [0.4, 0.5) is 0 Å². The first-order chi connectivity index (χ1) is 5.90. The molecule has 0 aromatic heterocycles. The Morgan fingerprint density at radius 2 is 2.33 bits per heavy atom. The van der Waals surface area contributed by atoms with E-state index in [-0.39, 0.29) is 0 Å². The van der Waals surface area contributed by atoms with E-state index in [1.54, 1.807) is 0 Å². The normalized spacial score (nSPS) is 42.2. The fourth-order valence-corrected chi connectivity index (χ4v) is 2.45. The van der Waals surface area contributed by atoms with Crippen LogP contribution in [0.1, 0.15) is 32.6 Å². The third-order valence-corrected chi connectivity index (χ3v) is 3.32. The van der Waals surface area contributed by atoms with Crippen LogP contribution in [0, 0.1) is 5.92 Å². The highest BCUT2D eigenvalue weighted by Gasteiger charge is 2.31. The van der Waals surface area contributed by atoms with E-state index >= 15 is 0 Å². The maximum Gasteiger partial charge on any atom is 0.0731 e. The molecule has 0 spiro atoms. The molecule has 0 radical (unpaired) electrons. The van der Waals surface area contributed by atoms with E-state index in [1.807, 2.05) is 0 Å². The van der Waals surface area contributed by atoms with E-state index in [9.17, 15) is 0 Å². The van der Waals surface area contributed by atoms with E-state index in [2.05, 4.69) is 12.2 Å². The minimum atomic E-state index is 0.525. The predicted octanol–water partition coefficient (Wildman–Crippen LogP) is 1.55. The number of hydrogen-bond donors (Lipinski definition) is 1. The fourth-order valence-electron chi connectivity index (χ4n) is 2.45. The maximum atomic E-state index is 5.75. The highest BCUT2D eigenvalue weighted by atomic mass is 16.5. The van der Waals surface area contributed by atoms with Gasteiger partial charge >= 0.3 is 0 Å². The molecule has 12 heavy (non-hydrogen) atoms. The SMILES string of the molecule is CCC1CC[C@@H]2NCCO[C@@H]2C1. The van der Waals surface area contributed by atoms with E-state index in [0.29, 0.717) is 12.1 Å². The first-order valence-electron chi connectivity index (χ1n) is 5.25. The van der Waals surface area contributed by atoms with Crippen LogP contribution in [0.15, 0.2) is 0 Å². The van der Waals surface area contributed by atoms with Crippen molar-refractivity contribution >= 4 is 0 Å². The Labute approximate surface area is 74.7 Å². The molecular weight excluding hydrogens is 150 g/mol. The number of fused-ring (bicyclic) bond motifs is 1. The molecule has 0 bridgehead atoms. The second kappa shape index (κ2) is 3.75. The van der Waals surface area contributed by atoms with Crippen molar-refractivity contribution in [1.29, 1.82) is 0 Å². The molecule has 1 aliphatic heterocycles. The minimum absolute atomic E-state index is 0.525. The van der Waals surface area contributed by atoms with Crippen molar-refractivity contribution in [3.63, 3.8) is 0 Å². The Bertz CT molecular complexity index is 149. The Morgan fingerprint density at radius 1 is 1.42 bits per heavy atom. The molecule has 1 saturated carbocycles. The van der Waals surface area contributed by atoms with Gasteiger partial charge < -0.3 is 10.1 Å². The monoisotopic (exact) mass is 169 g/mol. The lowest BCUT2D eigenvalue weighted by Crippen LogP contribution is -2.51. The van der Waals surface area contributed by atoms with Gasteiger partial charge in [-0.15, -0.1) is 0 Å². The molecule has 2 nitrogen and oxygen atoms in total. The lowest BCUT2D eigenvalue weighted by molar-refractivity contribution is -0.0375. The zero-order valence-electron chi connectivity index (χ0n) is 7.88. The van der Waals surface area contributed by atoms with Crippen molar-refractivity contribution < 1.29 is 4.74 Å². The van der Waals surface area contributed by atoms with Crippen LogP contribution in [0.5, 0.6) is 0 Å². The van der Waals surface area contributed by atoms with Crippen molar-refractivity contribution in [3.05, 3.63) is 0 Å². The second-order valence-corrected chi connectivity index (χ2v) is 4.06. The molecular formula is C10H19NO. The number of morpholine rings is 1. The Balaban J connectivity index is 1.90. The first kappa shape index (κ1) is 8.52. The highest BCUT2D eigenvalue weighted by Crippen LogP contribution is 2.29. The molecule has 70 valence electrons. The van der Waals surface area contributed by atoms with Crippen molar-refractivity contribution in [1.82, 2.24) is 5.32 Å². The quantitative estimate of drug-likeness (QED) is 0.643. The van der Waals surface area contributed by atoms with E-state index in [0.717, 1.165) is 19.1 Å². The molecule has 1 heterocycles. The number of nitrogens with one attached hydrogen (secondary N) is 1. The maximum absolute atomic E-state index is 5.75. The summed E-state index contributed by atoms with van der Waals surface area (Å²) in [7, 11) is 0. The molecule has 2 fully saturated rings. The van der Waals surface area contributed by atoms with Gasteiger partial charge in [0.25, 0.3) is 0 Å². The summed E-state index contributed by atoms with van der Waals surface area (Å²) >= 11 is 0. The summed E-state index contributed by atoms with van der Waals surface area (Å²) < 4.78 is 5.75. The smallest absolute Gasteiger partial charge is 0.0731 e. The Morgan fingerprint density at radius 3 is 3.17 bits per heavy atom. The summed E-state index contributed by atoms with van der Waals surface area (Å²) in [6.45, 7) is 4.26. The molecule has 1 saturated heterocycles. The third kappa shape index (κ3) is 1.64. The molecule has 0 aromatic carbocycles. The second-order valence-electron chi connectivity index (χ2n) is 4.06. The van der Waals surface area contributed by atoms with Gasteiger partial charge in [-0.1, -0.05) is 13.3 Å². The standard InChI is InChI=1S/C10H19NO/c1-2-8-3-4-9-10(7-8)12-6-5-11-9/h8-11H,2-7H2,1H3/t8?,9-,10+/m0/s1. The van der Waals surface area contributed by atoms with Gasteiger partial charge in [0, 0.05) is 12.6 Å². The zero-order valence-corrected chi connectivity index (χ0v) is 7.88. The summed E-state index contributed by atoms with van der Waals surface area (Å²) in [5.74, 6) is 0.922. The molecule has 0 amide bonds. The topological polar surface area (TPSA) is 21.3 Å². The fraction of sp³-hybridized carbons (Fsp3) is 1.00. The van der Waals surface area contributed by atoms with Crippen LogP contribution in [0.2, 0.25) is 0 Å². The molecule has 2 heteroatoms. The van der Waals surface area contributed by atoms with Crippen molar-refractivity contribution in [2.24, 2.45) is 5.92 Å². The van der Waals surface area contributed by atoms with Crippen LogP contribution in [-0.2, 0) is 4.74 Å². The summed E-state index contributed by atoms with van der Waals surface area (Å²) in [6, 6.07) is 0.668.